The van der Waals surface area contributed by atoms with Gasteiger partial charge < -0.3 is 10.2 Å². The predicted octanol–water partition coefficient (Wildman–Crippen LogP) is 6.16. The Labute approximate surface area is 262 Å². The lowest BCUT2D eigenvalue weighted by Gasteiger charge is -2.32. The third-order valence-corrected chi connectivity index (χ3v) is 11.8. The van der Waals surface area contributed by atoms with Crippen LogP contribution in [0.15, 0.2) is 35.4 Å². The first-order chi connectivity index (χ1) is 21.5. The number of piperidine rings is 1. The largest absolute Gasteiger partial charge is 0.363 e. The predicted molar refractivity (Wildman–Crippen MR) is 169 cm³/mol. The molecule has 2 fully saturated rings. The van der Waals surface area contributed by atoms with Crippen molar-refractivity contribution in [1.82, 2.24) is 19.4 Å². The number of aryl methyl sites for hydroxylation is 1. The summed E-state index contributed by atoms with van der Waals surface area (Å²) in [5, 5.41) is 3.78. The molecular formula is C33H42F3N5O3S. The molecule has 0 aliphatic carbocycles. The second-order valence-corrected chi connectivity index (χ2v) is 15.4. The maximum atomic E-state index is 15.8. The second-order valence-electron chi connectivity index (χ2n) is 13.1. The Kier molecular flexibility index (Phi) is 9.25. The van der Waals surface area contributed by atoms with E-state index in [1.165, 1.54) is 24.5 Å². The first-order valence-electron chi connectivity index (χ1n) is 16.3. The van der Waals surface area contributed by atoms with Crippen LogP contribution in [0.3, 0.4) is 0 Å². The Morgan fingerprint density at radius 1 is 0.933 bits per heavy atom. The Balaban J connectivity index is 1.41. The van der Waals surface area contributed by atoms with Crippen molar-refractivity contribution in [3.8, 4) is 0 Å². The first kappa shape index (κ1) is 32.0. The number of halogens is 3. The van der Waals surface area contributed by atoms with Crippen LogP contribution in [0.4, 0.5) is 19.0 Å². The maximum Gasteiger partial charge on any atom is 0.276 e. The highest BCUT2D eigenvalue weighted by molar-refractivity contribution is 7.91. The number of aromatic nitrogens is 3. The number of sulfone groups is 1. The minimum atomic E-state index is -3.30. The van der Waals surface area contributed by atoms with Crippen molar-refractivity contribution >= 4 is 26.7 Å². The maximum absolute atomic E-state index is 15.8. The van der Waals surface area contributed by atoms with Crippen LogP contribution in [0.2, 0.25) is 0 Å². The molecule has 4 aliphatic rings. The van der Waals surface area contributed by atoms with Crippen LogP contribution >= 0.6 is 0 Å². The molecule has 45 heavy (non-hydrogen) atoms. The number of pyridine rings is 1. The summed E-state index contributed by atoms with van der Waals surface area (Å²) in [5.41, 5.74) is 0.297. The average molecular weight is 646 g/mol. The molecule has 4 aliphatic heterocycles. The van der Waals surface area contributed by atoms with E-state index in [2.05, 4.69) is 20.2 Å². The van der Waals surface area contributed by atoms with Crippen molar-refractivity contribution in [2.24, 2.45) is 5.92 Å². The quantitative estimate of drug-likeness (QED) is 0.339. The van der Waals surface area contributed by atoms with E-state index in [0.717, 1.165) is 51.7 Å². The molecule has 6 heterocycles. The number of hydrogen-bond donors (Lipinski definition) is 1. The lowest BCUT2D eigenvalue weighted by Crippen LogP contribution is -2.35. The van der Waals surface area contributed by atoms with Gasteiger partial charge in [0.15, 0.2) is 0 Å². The number of nitrogens with one attached hydrogen (secondary N) is 1. The molecule has 1 atom stereocenters. The lowest BCUT2D eigenvalue weighted by molar-refractivity contribution is -0.0249. The van der Waals surface area contributed by atoms with Crippen molar-refractivity contribution in [1.29, 1.82) is 0 Å². The van der Waals surface area contributed by atoms with E-state index in [4.69, 9.17) is 0 Å². The molecule has 0 amide bonds. The van der Waals surface area contributed by atoms with Gasteiger partial charge in [-0.15, -0.1) is 0 Å². The Bertz CT molecular complexity index is 1690. The van der Waals surface area contributed by atoms with Gasteiger partial charge in [-0.2, -0.15) is 0 Å². The van der Waals surface area contributed by atoms with E-state index in [-0.39, 0.29) is 40.9 Å². The van der Waals surface area contributed by atoms with Gasteiger partial charge in [0, 0.05) is 24.1 Å². The van der Waals surface area contributed by atoms with Gasteiger partial charge in [0.2, 0.25) is 0 Å². The number of rotatable bonds is 1. The van der Waals surface area contributed by atoms with Crippen LogP contribution in [-0.4, -0.2) is 59.0 Å². The zero-order valence-corrected chi connectivity index (χ0v) is 26.6. The van der Waals surface area contributed by atoms with Gasteiger partial charge in [-0.1, -0.05) is 24.6 Å². The highest BCUT2D eigenvalue weighted by Crippen LogP contribution is 2.39. The van der Waals surface area contributed by atoms with Crippen molar-refractivity contribution in [3.63, 3.8) is 0 Å². The molecule has 244 valence electrons. The van der Waals surface area contributed by atoms with Gasteiger partial charge in [-0.3, -0.25) is 9.36 Å². The zero-order chi connectivity index (χ0) is 31.8. The van der Waals surface area contributed by atoms with Crippen LogP contribution in [-0.2, 0) is 22.3 Å². The van der Waals surface area contributed by atoms with E-state index in [0.29, 0.717) is 48.2 Å². The molecule has 0 radical (unpaired) electrons. The van der Waals surface area contributed by atoms with E-state index in [1.54, 1.807) is 17.6 Å². The van der Waals surface area contributed by atoms with Gasteiger partial charge in [0.25, 0.3) is 11.5 Å². The van der Waals surface area contributed by atoms with Crippen molar-refractivity contribution in [2.45, 2.75) is 89.1 Å². The molecule has 2 saturated heterocycles. The smallest absolute Gasteiger partial charge is 0.276 e. The van der Waals surface area contributed by atoms with Crippen LogP contribution < -0.4 is 10.9 Å². The second kappa shape index (κ2) is 13.0. The molecule has 0 spiro atoms. The molecule has 1 aromatic carbocycles. The van der Waals surface area contributed by atoms with Gasteiger partial charge in [0.1, 0.15) is 33.4 Å². The third-order valence-electron chi connectivity index (χ3n) is 10.1. The SMILES string of the molecule is C[C@@H]1Nc2ncnc3c2cc(C2CCS(=O)(=O)CC2)c(=O)n3CCCCCN2CCC(CC2)CCC(F)(F)c2cccc1c2F. The van der Waals surface area contributed by atoms with Crippen LogP contribution in [0.1, 0.15) is 93.4 Å². The fourth-order valence-corrected chi connectivity index (χ4v) is 8.76. The Morgan fingerprint density at radius 3 is 2.42 bits per heavy atom. The summed E-state index contributed by atoms with van der Waals surface area (Å²) < 4.78 is 72.8. The first-order valence-corrected chi connectivity index (χ1v) is 18.1. The summed E-state index contributed by atoms with van der Waals surface area (Å²) in [5.74, 6) is -3.84. The number of alkyl halides is 2. The number of anilines is 1. The number of benzene rings is 1. The lowest BCUT2D eigenvalue weighted by atomic mass is 9.88. The highest BCUT2D eigenvalue weighted by Gasteiger charge is 2.37. The van der Waals surface area contributed by atoms with Gasteiger partial charge >= 0.3 is 0 Å². The number of fused-ring (bicyclic) bond motifs is 9. The van der Waals surface area contributed by atoms with Gasteiger partial charge in [0.05, 0.1) is 28.5 Å². The van der Waals surface area contributed by atoms with Crippen molar-refractivity contribution in [2.75, 3.05) is 36.5 Å². The summed E-state index contributed by atoms with van der Waals surface area (Å²) in [6.45, 7) is 4.80. The van der Waals surface area contributed by atoms with E-state index in [9.17, 15) is 13.2 Å². The topological polar surface area (TPSA) is 97.2 Å². The summed E-state index contributed by atoms with van der Waals surface area (Å²) >= 11 is 0. The van der Waals surface area contributed by atoms with Crippen LogP contribution in [0.5, 0.6) is 0 Å². The number of nitrogens with zero attached hydrogens (tertiary/aromatic N) is 4. The molecule has 1 N–H and O–H groups in total. The zero-order valence-electron chi connectivity index (χ0n) is 25.8. The fourth-order valence-electron chi connectivity index (χ4n) is 7.27. The standard InChI is InChI=1S/C33H42F3N5O3S/c1-22-25-6-5-7-28(29(25)34)33(35,36)13-8-23-9-16-40(17-10-23)14-3-2-4-15-41-31-27(30(39-22)37-21-38-31)20-26(32(41)42)24-11-18-45(43,44)19-12-24/h5-7,20-24H,2-4,8-19H2,1H3,(H,37,38,39)/t22-/m0/s1. The van der Waals surface area contributed by atoms with E-state index in [1.807, 2.05) is 0 Å². The molecule has 2 aromatic heterocycles. The minimum absolute atomic E-state index is 0.0278. The van der Waals surface area contributed by atoms with Gasteiger partial charge in [-0.25, -0.2) is 31.6 Å². The summed E-state index contributed by atoms with van der Waals surface area (Å²) in [6.07, 6.45) is 6.39. The molecule has 3 aromatic rings. The van der Waals surface area contributed by atoms with Crippen molar-refractivity contribution < 1.29 is 21.6 Å². The minimum Gasteiger partial charge on any atom is -0.363 e. The molecule has 8 bridgehead atoms. The van der Waals surface area contributed by atoms with Crippen LogP contribution in [0.25, 0.3) is 11.0 Å². The molecule has 8 nitrogen and oxygen atoms in total. The Hall–Kier alpha value is -2.99. The molecule has 7 rings (SSSR count). The number of hydrogen-bond acceptors (Lipinski definition) is 7. The van der Waals surface area contributed by atoms with Crippen LogP contribution in [0, 0.1) is 11.7 Å². The van der Waals surface area contributed by atoms with E-state index < -0.39 is 33.2 Å². The Morgan fingerprint density at radius 2 is 1.67 bits per heavy atom. The average Bonchev–Trinajstić information content (AvgIpc) is 3.01. The summed E-state index contributed by atoms with van der Waals surface area (Å²) in [6, 6.07) is 5.18. The molecular weight excluding hydrogens is 603 g/mol. The molecule has 0 saturated carbocycles. The summed E-state index contributed by atoms with van der Waals surface area (Å²) in [4.78, 5) is 25.2. The monoisotopic (exact) mass is 645 g/mol. The molecule has 12 heteroatoms. The molecule has 0 unspecified atom stereocenters. The highest BCUT2D eigenvalue weighted by atomic mass is 32.2. The van der Waals surface area contributed by atoms with Gasteiger partial charge in [-0.05, 0) is 89.4 Å². The normalized spacial score (nSPS) is 26.3. The van der Waals surface area contributed by atoms with E-state index >= 15 is 13.2 Å². The third kappa shape index (κ3) is 6.91. The van der Waals surface area contributed by atoms with Crippen molar-refractivity contribution in [3.05, 3.63) is 63.5 Å². The summed E-state index contributed by atoms with van der Waals surface area (Å²) in [7, 11) is -3.13. The fraction of sp³-hybridized carbons (Fsp3) is 0.606.